The van der Waals surface area contributed by atoms with Crippen molar-refractivity contribution in [2.24, 2.45) is 5.41 Å². The number of hydrogen-bond donors (Lipinski definition) is 1. The normalized spacial score (nSPS) is 18.4. The van der Waals surface area contributed by atoms with E-state index >= 15 is 0 Å². The number of nitrogen functional groups attached to an aromatic ring is 1. The molecule has 1 aliphatic rings. The van der Waals surface area contributed by atoms with Crippen molar-refractivity contribution < 1.29 is 0 Å². The maximum absolute atomic E-state index is 8.79. The molecule has 3 heteroatoms. The molecule has 1 aromatic rings. The smallest absolute Gasteiger partial charge is 0.0670 e. The molecule has 0 bridgehead atoms. The Labute approximate surface area is 109 Å². The van der Waals surface area contributed by atoms with Crippen LogP contribution in [0.4, 0.5) is 11.4 Å². The predicted octanol–water partition coefficient (Wildman–Crippen LogP) is 2.96. The van der Waals surface area contributed by atoms with E-state index in [2.05, 4.69) is 36.9 Å². The second kappa shape index (κ2) is 4.89. The number of nitriles is 1. The average molecular weight is 243 g/mol. The van der Waals surface area contributed by atoms with Crippen LogP contribution in [0.3, 0.4) is 0 Å². The highest BCUT2D eigenvalue weighted by Gasteiger charge is 2.25. The molecule has 1 aromatic carbocycles. The summed E-state index contributed by atoms with van der Waals surface area (Å²) < 4.78 is 0. The highest BCUT2D eigenvalue weighted by Crippen LogP contribution is 2.33. The van der Waals surface area contributed by atoms with Gasteiger partial charge in [-0.3, -0.25) is 0 Å². The summed E-state index contributed by atoms with van der Waals surface area (Å²) in [5.41, 5.74) is 9.20. The van der Waals surface area contributed by atoms with E-state index in [1.165, 1.54) is 18.5 Å². The van der Waals surface area contributed by atoms with Gasteiger partial charge in [-0.1, -0.05) is 13.8 Å². The highest BCUT2D eigenvalue weighted by molar-refractivity contribution is 5.59. The number of nitrogens with two attached hydrogens (primary N) is 1. The molecule has 0 unspecified atom stereocenters. The largest absolute Gasteiger partial charge is 0.398 e. The number of piperidine rings is 1. The van der Waals surface area contributed by atoms with Crippen molar-refractivity contribution in [3.05, 3.63) is 23.8 Å². The third-order valence-electron chi connectivity index (χ3n) is 3.88. The van der Waals surface area contributed by atoms with Gasteiger partial charge < -0.3 is 10.6 Å². The quantitative estimate of drug-likeness (QED) is 0.812. The van der Waals surface area contributed by atoms with Crippen molar-refractivity contribution in [3.8, 4) is 6.07 Å². The molecule has 18 heavy (non-hydrogen) atoms. The minimum absolute atomic E-state index is 0.388. The number of anilines is 2. The lowest BCUT2D eigenvalue weighted by molar-refractivity contribution is 0.280. The van der Waals surface area contributed by atoms with Gasteiger partial charge in [-0.15, -0.1) is 0 Å². The standard InChI is InChI=1S/C15H21N3/c1-15(2)6-9-18(10-7-15)13-3-4-14(17)12(11-13)5-8-16/h3-4,11H,5-7,9-10,17H2,1-2H3. The van der Waals surface area contributed by atoms with E-state index < -0.39 is 0 Å². The van der Waals surface area contributed by atoms with Gasteiger partial charge in [0.05, 0.1) is 12.5 Å². The molecular formula is C15H21N3. The van der Waals surface area contributed by atoms with Crippen LogP contribution >= 0.6 is 0 Å². The van der Waals surface area contributed by atoms with E-state index in [1.54, 1.807) is 0 Å². The molecule has 96 valence electrons. The first kappa shape index (κ1) is 12.8. The summed E-state index contributed by atoms with van der Waals surface area (Å²) in [4.78, 5) is 2.39. The van der Waals surface area contributed by atoms with Crippen LogP contribution < -0.4 is 10.6 Å². The lowest BCUT2D eigenvalue weighted by Crippen LogP contribution is -2.37. The fourth-order valence-electron chi connectivity index (χ4n) is 2.40. The van der Waals surface area contributed by atoms with Gasteiger partial charge in [0.1, 0.15) is 0 Å². The topological polar surface area (TPSA) is 53.0 Å². The first-order chi connectivity index (χ1) is 8.52. The van der Waals surface area contributed by atoms with Crippen LogP contribution in [0.25, 0.3) is 0 Å². The molecule has 0 saturated carbocycles. The van der Waals surface area contributed by atoms with Crippen molar-refractivity contribution in [2.75, 3.05) is 23.7 Å². The lowest BCUT2D eigenvalue weighted by Gasteiger charge is -2.38. The Morgan fingerprint density at radius 1 is 1.33 bits per heavy atom. The molecular weight excluding hydrogens is 222 g/mol. The summed E-state index contributed by atoms with van der Waals surface area (Å²) in [5, 5.41) is 8.79. The summed E-state index contributed by atoms with van der Waals surface area (Å²) in [6, 6.07) is 8.22. The van der Waals surface area contributed by atoms with E-state index in [0.717, 1.165) is 24.3 Å². The Hall–Kier alpha value is -1.69. The number of benzene rings is 1. The Balaban J connectivity index is 2.15. The first-order valence-corrected chi connectivity index (χ1v) is 6.52. The maximum atomic E-state index is 8.79. The summed E-state index contributed by atoms with van der Waals surface area (Å²) in [6.45, 7) is 6.83. The minimum atomic E-state index is 0.388. The van der Waals surface area contributed by atoms with Crippen molar-refractivity contribution in [1.82, 2.24) is 0 Å². The number of rotatable bonds is 2. The van der Waals surface area contributed by atoms with E-state index in [1.807, 2.05) is 6.07 Å². The van der Waals surface area contributed by atoms with E-state index in [4.69, 9.17) is 11.0 Å². The van der Waals surface area contributed by atoms with Crippen LogP contribution in [0.15, 0.2) is 18.2 Å². The highest BCUT2D eigenvalue weighted by atomic mass is 15.1. The Morgan fingerprint density at radius 3 is 2.61 bits per heavy atom. The molecule has 2 rings (SSSR count). The molecule has 1 fully saturated rings. The zero-order valence-electron chi connectivity index (χ0n) is 11.2. The van der Waals surface area contributed by atoms with Gasteiger partial charge in [0.2, 0.25) is 0 Å². The van der Waals surface area contributed by atoms with Crippen LogP contribution in [0.1, 0.15) is 32.3 Å². The zero-order valence-corrected chi connectivity index (χ0v) is 11.2. The molecule has 0 amide bonds. The summed E-state index contributed by atoms with van der Waals surface area (Å²) in [5.74, 6) is 0. The van der Waals surface area contributed by atoms with Crippen molar-refractivity contribution in [1.29, 1.82) is 5.26 Å². The number of hydrogen-bond acceptors (Lipinski definition) is 3. The molecule has 1 heterocycles. The molecule has 0 spiro atoms. The SMILES string of the molecule is CC1(C)CCN(c2ccc(N)c(CC#N)c2)CC1. The predicted molar refractivity (Wildman–Crippen MR) is 75.4 cm³/mol. The van der Waals surface area contributed by atoms with E-state index in [-0.39, 0.29) is 0 Å². The Morgan fingerprint density at radius 2 is 2.00 bits per heavy atom. The van der Waals surface area contributed by atoms with Gasteiger partial charge in [-0.05, 0) is 42.0 Å². The number of nitrogens with zero attached hydrogens (tertiary/aromatic N) is 2. The van der Waals surface area contributed by atoms with Gasteiger partial charge >= 0.3 is 0 Å². The zero-order chi connectivity index (χ0) is 13.2. The fraction of sp³-hybridized carbons (Fsp3) is 0.533. The first-order valence-electron chi connectivity index (χ1n) is 6.52. The van der Waals surface area contributed by atoms with Crippen molar-refractivity contribution in [3.63, 3.8) is 0 Å². The van der Waals surface area contributed by atoms with Crippen molar-refractivity contribution >= 4 is 11.4 Å². The second-order valence-corrected chi connectivity index (χ2v) is 5.87. The van der Waals surface area contributed by atoms with Crippen LogP contribution in [0.5, 0.6) is 0 Å². The second-order valence-electron chi connectivity index (χ2n) is 5.87. The Bertz CT molecular complexity index is 461. The van der Waals surface area contributed by atoms with Crippen LogP contribution in [0.2, 0.25) is 0 Å². The average Bonchev–Trinajstić information content (AvgIpc) is 2.32. The van der Waals surface area contributed by atoms with Crippen molar-refractivity contribution in [2.45, 2.75) is 33.1 Å². The van der Waals surface area contributed by atoms with Crippen LogP contribution in [0, 0.1) is 16.7 Å². The van der Waals surface area contributed by atoms with Gasteiger partial charge in [0.15, 0.2) is 0 Å². The van der Waals surface area contributed by atoms with Crippen LogP contribution in [-0.4, -0.2) is 13.1 Å². The molecule has 0 aliphatic carbocycles. The molecule has 0 aromatic heterocycles. The third-order valence-corrected chi connectivity index (χ3v) is 3.88. The molecule has 1 aliphatic heterocycles. The van der Waals surface area contributed by atoms with E-state index in [9.17, 15) is 0 Å². The van der Waals surface area contributed by atoms with Crippen LogP contribution in [-0.2, 0) is 6.42 Å². The summed E-state index contributed by atoms with van der Waals surface area (Å²) in [7, 11) is 0. The monoisotopic (exact) mass is 243 g/mol. The Kier molecular flexibility index (Phi) is 3.47. The van der Waals surface area contributed by atoms with Gasteiger partial charge in [-0.2, -0.15) is 5.26 Å². The lowest BCUT2D eigenvalue weighted by atomic mass is 9.82. The molecule has 0 atom stereocenters. The minimum Gasteiger partial charge on any atom is -0.398 e. The molecule has 3 nitrogen and oxygen atoms in total. The molecule has 0 radical (unpaired) electrons. The third kappa shape index (κ3) is 2.76. The fourth-order valence-corrected chi connectivity index (χ4v) is 2.40. The summed E-state index contributed by atoms with van der Waals surface area (Å²) in [6.07, 6.45) is 2.81. The summed E-state index contributed by atoms with van der Waals surface area (Å²) >= 11 is 0. The van der Waals surface area contributed by atoms with Gasteiger partial charge in [0, 0.05) is 24.5 Å². The van der Waals surface area contributed by atoms with E-state index in [0.29, 0.717) is 11.8 Å². The van der Waals surface area contributed by atoms with Gasteiger partial charge in [-0.25, -0.2) is 0 Å². The molecule has 1 saturated heterocycles. The maximum Gasteiger partial charge on any atom is 0.0670 e. The van der Waals surface area contributed by atoms with Gasteiger partial charge in [0.25, 0.3) is 0 Å². The molecule has 2 N–H and O–H groups in total.